The largest absolute Gasteiger partial charge is 0.347 e. The van der Waals surface area contributed by atoms with Gasteiger partial charge in [0.25, 0.3) is 11.8 Å². The maximum atomic E-state index is 12.5. The van der Waals surface area contributed by atoms with Crippen molar-refractivity contribution in [2.75, 3.05) is 39.3 Å². The van der Waals surface area contributed by atoms with E-state index in [0.717, 1.165) is 23.7 Å². The summed E-state index contributed by atoms with van der Waals surface area (Å²) in [5, 5.41) is 5.78. The zero-order valence-corrected chi connectivity index (χ0v) is 17.6. The quantitative estimate of drug-likeness (QED) is 0.612. The number of halogens is 1. The van der Waals surface area contributed by atoms with E-state index in [1.807, 2.05) is 49.9 Å². The fourth-order valence-electron chi connectivity index (χ4n) is 3.25. The minimum absolute atomic E-state index is 0.0717. The van der Waals surface area contributed by atoms with Crippen molar-refractivity contribution in [1.82, 2.24) is 10.2 Å². The maximum absolute atomic E-state index is 12.5. The highest BCUT2D eigenvalue weighted by Gasteiger charge is 2.27. The van der Waals surface area contributed by atoms with Crippen LogP contribution in [0.2, 0.25) is 5.02 Å². The van der Waals surface area contributed by atoms with Gasteiger partial charge in [0.1, 0.15) is 6.04 Å². The predicted octanol–water partition coefficient (Wildman–Crippen LogP) is -0.394. The van der Waals surface area contributed by atoms with E-state index in [1.54, 1.807) is 0 Å². The fraction of sp³-hybridized carbons (Fsp3) is 0.600. The Labute approximate surface area is 167 Å². The molecule has 0 bridgehead atoms. The van der Waals surface area contributed by atoms with Gasteiger partial charge in [-0.05, 0) is 39.8 Å². The Hall–Kier alpha value is -1.63. The van der Waals surface area contributed by atoms with Gasteiger partial charge in [-0.15, -0.1) is 0 Å². The molecule has 6 nitrogen and oxygen atoms in total. The second kappa shape index (κ2) is 9.53. The molecule has 27 heavy (non-hydrogen) atoms. The fourth-order valence-corrected chi connectivity index (χ4v) is 3.37. The standard InChI is InChI=1S/C20H31ClN4O2/c1-15(16-5-7-17(21)8-6-16)22-13-19(27)25-11-9-24(10-12-25)14-18(26)23-20(2,3)4/h5-8,15,22H,9-14H2,1-4H3,(H,23,26)/p+2/t15-/m0/s1. The van der Waals surface area contributed by atoms with Crippen molar-refractivity contribution < 1.29 is 19.8 Å². The normalized spacial score (nSPS) is 16.9. The zero-order valence-electron chi connectivity index (χ0n) is 16.8. The second-order valence-electron chi connectivity index (χ2n) is 8.39. The Morgan fingerprint density at radius 3 is 2.37 bits per heavy atom. The van der Waals surface area contributed by atoms with Crippen LogP contribution in [0.15, 0.2) is 24.3 Å². The van der Waals surface area contributed by atoms with Gasteiger partial charge < -0.3 is 20.4 Å². The van der Waals surface area contributed by atoms with Gasteiger partial charge in [0.15, 0.2) is 13.1 Å². The molecule has 0 spiro atoms. The molecule has 1 heterocycles. The molecular formula is C20H33ClN4O2+2. The van der Waals surface area contributed by atoms with Crippen LogP contribution in [0.4, 0.5) is 0 Å². The van der Waals surface area contributed by atoms with E-state index in [4.69, 9.17) is 11.6 Å². The summed E-state index contributed by atoms with van der Waals surface area (Å²) in [5.41, 5.74) is 0.955. The molecule has 2 amide bonds. The van der Waals surface area contributed by atoms with Crippen molar-refractivity contribution in [2.45, 2.75) is 39.3 Å². The van der Waals surface area contributed by atoms with Gasteiger partial charge >= 0.3 is 0 Å². The lowest BCUT2D eigenvalue weighted by Gasteiger charge is -2.32. The van der Waals surface area contributed by atoms with E-state index >= 15 is 0 Å². The number of hydrogen-bond acceptors (Lipinski definition) is 2. The molecule has 4 N–H and O–H groups in total. The Kier molecular flexibility index (Phi) is 7.65. The van der Waals surface area contributed by atoms with Crippen LogP contribution in [0.3, 0.4) is 0 Å². The van der Waals surface area contributed by atoms with Crippen LogP contribution < -0.4 is 15.5 Å². The van der Waals surface area contributed by atoms with E-state index in [2.05, 4.69) is 17.6 Å². The minimum Gasteiger partial charge on any atom is -0.347 e. The highest BCUT2D eigenvalue weighted by atomic mass is 35.5. The van der Waals surface area contributed by atoms with Crippen LogP contribution >= 0.6 is 11.6 Å². The molecule has 0 unspecified atom stereocenters. The molecule has 7 heteroatoms. The Bertz CT molecular complexity index is 634. The number of piperazine rings is 1. The molecule has 1 fully saturated rings. The van der Waals surface area contributed by atoms with E-state index in [-0.39, 0.29) is 23.4 Å². The summed E-state index contributed by atoms with van der Waals surface area (Å²) in [4.78, 5) is 27.7. The third-order valence-corrected chi connectivity index (χ3v) is 5.04. The first-order valence-corrected chi connectivity index (χ1v) is 10.0. The first-order chi connectivity index (χ1) is 12.6. The van der Waals surface area contributed by atoms with Crippen LogP contribution in [-0.4, -0.2) is 61.5 Å². The Morgan fingerprint density at radius 2 is 1.81 bits per heavy atom. The lowest BCUT2D eigenvalue weighted by molar-refractivity contribution is -0.896. The third kappa shape index (κ3) is 7.48. The maximum Gasteiger partial charge on any atom is 0.278 e. The number of nitrogens with two attached hydrogens (primary N) is 1. The molecule has 1 atom stereocenters. The summed E-state index contributed by atoms with van der Waals surface area (Å²) in [6.45, 7) is 12.0. The summed E-state index contributed by atoms with van der Waals surface area (Å²) in [6.07, 6.45) is 0. The number of nitrogens with zero attached hydrogens (tertiary/aromatic N) is 1. The number of hydrogen-bond donors (Lipinski definition) is 3. The van der Waals surface area contributed by atoms with Crippen molar-refractivity contribution in [3.8, 4) is 0 Å². The number of quaternary nitrogens is 2. The first-order valence-electron chi connectivity index (χ1n) is 9.65. The van der Waals surface area contributed by atoms with Gasteiger partial charge in [-0.3, -0.25) is 9.59 Å². The summed E-state index contributed by atoms with van der Waals surface area (Å²) >= 11 is 5.92. The lowest BCUT2D eigenvalue weighted by atomic mass is 10.1. The predicted molar refractivity (Wildman–Crippen MR) is 107 cm³/mol. The van der Waals surface area contributed by atoms with E-state index < -0.39 is 0 Å². The molecule has 1 aromatic carbocycles. The molecule has 2 rings (SSSR count). The summed E-state index contributed by atoms with van der Waals surface area (Å²) < 4.78 is 0. The van der Waals surface area contributed by atoms with Gasteiger partial charge in [0.2, 0.25) is 0 Å². The van der Waals surface area contributed by atoms with Crippen LogP contribution in [0.1, 0.15) is 39.3 Å². The highest BCUT2D eigenvalue weighted by molar-refractivity contribution is 6.30. The van der Waals surface area contributed by atoms with Gasteiger partial charge in [-0.2, -0.15) is 0 Å². The topological polar surface area (TPSA) is 70.5 Å². The summed E-state index contributed by atoms with van der Waals surface area (Å²) in [5.74, 6) is 0.233. The van der Waals surface area contributed by atoms with Crippen LogP contribution in [0.25, 0.3) is 0 Å². The molecule has 0 aliphatic carbocycles. The second-order valence-corrected chi connectivity index (χ2v) is 8.82. The van der Waals surface area contributed by atoms with Crippen LogP contribution in [0, 0.1) is 0 Å². The van der Waals surface area contributed by atoms with Crippen molar-refractivity contribution in [3.05, 3.63) is 34.9 Å². The first kappa shape index (κ1) is 21.7. The van der Waals surface area contributed by atoms with Gasteiger partial charge in [0.05, 0.1) is 26.2 Å². The molecule has 1 aliphatic rings. The van der Waals surface area contributed by atoms with E-state index in [9.17, 15) is 9.59 Å². The Morgan fingerprint density at radius 1 is 1.22 bits per heavy atom. The van der Waals surface area contributed by atoms with Crippen LogP contribution in [0.5, 0.6) is 0 Å². The molecule has 0 saturated carbocycles. The zero-order chi connectivity index (χ0) is 20.0. The van der Waals surface area contributed by atoms with E-state index in [1.165, 1.54) is 4.90 Å². The smallest absolute Gasteiger partial charge is 0.278 e. The number of rotatable bonds is 6. The van der Waals surface area contributed by atoms with Gasteiger partial charge in [-0.1, -0.05) is 23.7 Å². The molecule has 0 radical (unpaired) electrons. The highest BCUT2D eigenvalue weighted by Crippen LogP contribution is 2.13. The number of carbonyl (C=O) groups is 2. The Balaban J connectivity index is 1.71. The third-order valence-electron chi connectivity index (χ3n) is 4.79. The molecular weight excluding hydrogens is 364 g/mol. The minimum atomic E-state index is -0.203. The summed E-state index contributed by atoms with van der Waals surface area (Å²) in [7, 11) is 0. The number of amides is 2. The molecule has 150 valence electrons. The molecule has 1 aliphatic heterocycles. The van der Waals surface area contributed by atoms with Gasteiger partial charge in [0, 0.05) is 16.1 Å². The molecule has 1 aromatic rings. The van der Waals surface area contributed by atoms with Crippen molar-refractivity contribution >= 4 is 23.4 Å². The van der Waals surface area contributed by atoms with E-state index in [0.29, 0.717) is 26.2 Å². The average Bonchev–Trinajstić information content (AvgIpc) is 2.59. The van der Waals surface area contributed by atoms with Crippen molar-refractivity contribution in [1.29, 1.82) is 0 Å². The van der Waals surface area contributed by atoms with Crippen molar-refractivity contribution in [3.63, 3.8) is 0 Å². The lowest BCUT2D eigenvalue weighted by Crippen LogP contribution is -3.16. The number of benzene rings is 1. The van der Waals surface area contributed by atoms with Crippen molar-refractivity contribution in [2.24, 2.45) is 0 Å². The number of nitrogens with one attached hydrogen (secondary N) is 2. The SMILES string of the molecule is C[C@H]([NH2+]CC(=O)N1CC[NH+](CC(=O)NC(C)(C)C)CC1)c1ccc(Cl)cc1. The number of carbonyl (C=O) groups excluding carboxylic acids is 2. The average molecular weight is 397 g/mol. The summed E-state index contributed by atoms with van der Waals surface area (Å²) in [6, 6.07) is 7.96. The van der Waals surface area contributed by atoms with Crippen LogP contribution in [-0.2, 0) is 9.59 Å². The molecule has 0 aromatic heterocycles. The monoisotopic (exact) mass is 396 g/mol. The van der Waals surface area contributed by atoms with Gasteiger partial charge in [-0.25, -0.2) is 0 Å². The molecule has 1 saturated heterocycles.